The molecular formula is C26H22N4O4S2. The van der Waals surface area contributed by atoms with Gasteiger partial charge in [-0.25, -0.2) is 13.1 Å². The first-order valence-corrected chi connectivity index (χ1v) is 13.3. The summed E-state index contributed by atoms with van der Waals surface area (Å²) in [5.74, 6) is 0.136. The lowest BCUT2D eigenvalue weighted by Crippen LogP contribution is -2.14. The molecule has 0 aliphatic rings. The van der Waals surface area contributed by atoms with Gasteiger partial charge in [0.25, 0.3) is 15.9 Å². The molecular weight excluding hydrogens is 496 g/mol. The van der Waals surface area contributed by atoms with Crippen LogP contribution in [0.1, 0.15) is 15.4 Å². The second-order valence-electron chi connectivity index (χ2n) is 7.95. The molecule has 0 aliphatic heterocycles. The lowest BCUT2D eigenvalue weighted by molar-refractivity contribution is 0.103. The Kier molecular flexibility index (Phi) is 6.21. The second-order valence-corrected chi connectivity index (χ2v) is 10.7. The van der Waals surface area contributed by atoms with Crippen molar-refractivity contribution in [2.24, 2.45) is 0 Å². The Morgan fingerprint density at radius 3 is 2.39 bits per heavy atom. The summed E-state index contributed by atoms with van der Waals surface area (Å²) in [5.41, 5.74) is 2.57. The fraction of sp³-hybridized carbons (Fsp3) is 0.0769. The molecule has 5 rings (SSSR count). The van der Waals surface area contributed by atoms with Crippen LogP contribution in [0.25, 0.3) is 15.9 Å². The van der Waals surface area contributed by atoms with Crippen molar-refractivity contribution in [2.75, 3.05) is 17.1 Å². The van der Waals surface area contributed by atoms with Crippen molar-refractivity contribution in [1.82, 2.24) is 9.78 Å². The number of nitrogens with one attached hydrogen (secondary N) is 2. The van der Waals surface area contributed by atoms with E-state index in [2.05, 4.69) is 15.1 Å². The van der Waals surface area contributed by atoms with Gasteiger partial charge in [-0.1, -0.05) is 30.3 Å². The van der Waals surface area contributed by atoms with Crippen LogP contribution in [0.3, 0.4) is 0 Å². The molecule has 10 heteroatoms. The molecule has 36 heavy (non-hydrogen) atoms. The molecule has 0 unspecified atom stereocenters. The number of aryl methyl sites for hydroxylation is 1. The van der Waals surface area contributed by atoms with Crippen LogP contribution in [0.15, 0.2) is 89.8 Å². The molecule has 0 saturated carbocycles. The molecule has 2 heterocycles. The first-order valence-electron chi connectivity index (χ1n) is 11.0. The smallest absolute Gasteiger partial charge is 0.265 e. The number of hydrogen-bond donors (Lipinski definition) is 2. The number of benzene rings is 3. The molecule has 1 amide bonds. The standard InChI is InChI=1S/C26H22N4O4S2/c1-17-21-16-24(35-26(21)30(28-17)19-8-4-3-5-9-19)25(31)27-18-12-14-20(15-13-18)36(32,33)29-22-10-6-7-11-23(22)34-2/h3-16,29H,1-2H3,(H,27,31). The zero-order valence-corrected chi connectivity index (χ0v) is 21.1. The maximum absolute atomic E-state index is 13.0. The first-order chi connectivity index (χ1) is 17.4. The van der Waals surface area contributed by atoms with Crippen LogP contribution in [0.5, 0.6) is 5.75 Å². The summed E-state index contributed by atoms with van der Waals surface area (Å²) in [5, 5.41) is 8.36. The SMILES string of the molecule is COc1ccccc1NS(=O)(=O)c1ccc(NC(=O)c2cc3c(C)nn(-c4ccccc4)c3s2)cc1. The lowest BCUT2D eigenvalue weighted by Gasteiger charge is -2.12. The molecule has 0 saturated heterocycles. The molecule has 0 aliphatic carbocycles. The number of ether oxygens (including phenoxy) is 1. The summed E-state index contributed by atoms with van der Waals surface area (Å²) in [6.07, 6.45) is 0. The van der Waals surface area contributed by atoms with Crippen LogP contribution >= 0.6 is 11.3 Å². The highest BCUT2D eigenvalue weighted by Gasteiger charge is 2.19. The molecule has 2 aromatic heterocycles. The van der Waals surface area contributed by atoms with Crippen LogP contribution < -0.4 is 14.8 Å². The van der Waals surface area contributed by atoms with Gasteiger partial charge in [-0.05, 0) is 61.5 Å². The highest BCUT2D eigenvalue weighted by atomic mass is 32.2. The zero-order chi connectivity index (χ0) is 25.3. The fourth-order valence-electron chi connectivity index (χ4n) is 3.75. The molecule has 8 nitrogen and oxygen atoms in total. The normalized spacial score (nSPS) is 11.4. The van der Waals surface area contributed by atoms with Crippen molar-refractivity contribution < 1.29 is 17.9 Å². The summed E-state index contributed by atoms with van der Waals surface area (Å²) in [6, 6.07) is 24.3. The number of hydrogen-bond acceptors (Lipinski definition) is 6. The van der Waals surface area contributed by atoms with E-state index in [1.165, 1.54) is 30.6 Å². The number of methoxy groups -OCH3 is 1. The summed E-state index contributed by atoms with van der Waals surface area (Å²) in [7, 11) is -2.37. The number of thiophene rings is 1. The van der Waals surface area contributed by atoms with Gasteiger partial charge in [-0.2, -0.15) is 5.10 Å². The molecule has 182 valence electrons. The number of carbonyl (C=O) groups excluding carboxylic acids is 1. The largest absolute Gasteiger partial charge is 0.495 e. The lowest BCUT2D eigenvalue weighted by atomic mass is 10.3. The number of sulfonamides is 1. The van der Waals surface area contributed by atoms with Crippen molar-refractivity contribution in [3.05, 3.63) is 95.5 Å². The zero-order valence-electron chi connectivity index (χ0n) is 19.4. The summed E-state index contributed by atoms with van der Waals surface area (Å²) < 4.78 is 35.2. The quantitative estimate of drug-likeness (QED) is 0.298. The maximum Gasteiger partial charge on any atom is 0.265 e. The van der Waals surface area contributed by atoms with Gasteiger partial charge in [0.05, 0.1) is 34.0 Å². The average Bonchev–Trinajstić information content (AvgIpc) is 3.46. The Hall–Kier alpha value is -4.15. The Labute approximate surface area is 212 Å². The van der Waals surface area contributed by atoms with E-state index in [9.17, 15) is 13.2 Å². The molecule has 0 fully saturated rings. The average molecular weight is 519 g/mol. The summed E-state index contributed by atoms with van der Waals surface area (Å²) in [4.78, 5) is 14.4. The highest BCUT2D eigenvalue weighted by Crippen LogP contribution is 2.31. The number of amides is 1. The van der Waals surface area contributed by atoms with E-state index in [1.807, 2.05) is 48.0 Å². The van der Waals surface area contributed by atoms with Crippen LogP contribution in [-0.2, 0) is 10.0 Å². The number of nitrogens with zero attached hydrogens (tertiary/aromatic N) is 2. The van der Waals surface area contributed by atoms with Crippen LogP contribution in [-0.4, -0.2) is 31.2 Å². The van der Waals surface area contributed by atoms with Crippen molar-refractivity contribution in [1.29, 1.82) is 0 Å². The van der Waals surface area contributed by atoms with Gasteiger partial charge >= 0.3 is 0 Å². The minimum atomic E-state index is -3.84. The van der Waals surface area contributed by atoms with E-state index < -0.39 is 10.0 Å². The third kappa shape index (κ3) is 4.56. The Bertz CT molecular complexity index is 1660. The van der Waals surface area contributed by atoms with Gasteiger partial charge in [0.15, 0.2) is 0 Å². The number of para-hydroxylation sites is 3. The van der Waals surface area contributed by atoms with Crippen molar-refractivity contribution >= 4 is 48.9 Å². The predicted octanol–water partition coefficient (Wildman–Crippen LogP) is 5.46. The minimum Gasteiger partial charge on any atom is -0.495 e. The first kappa shape index (κ1) is 23.6. The number of aromatic nitrogens is 2. The summed E-state index contributed by atoms with van der Waals surface area (Å²) in [6.45, 7) is 1.91. The fourth-order valence-corrected chi connectivity index (χ4v) is 5.89. The highest BCUT2D eigenvalue weighted by molar-refractivity contribution is 7.92. The predicted molar refractivity (Wildman–Crippen MR) is 142 cm³/mol. The topological polar surface area (TPSA) is 102 Å². The monoisotopic (exact) mass is 518 g/mol. The number of anilines is 2. The third-order valence-electron chi connectivity index (χ3n) is 5.54. The van der Waals surface area contributed by atoms with Crippen molar-refractivity contribution in [3.8, 4) is 11.4 Å². The van der Waals surface area contributed by atoms with Gasteiger partial charge < -0.3 is 10.1 Å². The Morgan fingerprint density at radius 2 is 1.67 bits per heavy atom. The van der Waals surface area contributed by atoms with E-state index >= 15 is 0 Å². The third-order valence-corrected chi connectivity index (χ3v) is 8.03. The van der Waals surface area contributed by atoms with Gasteiger partial charge in [-0.15, -0.1) is 11.3 Å². The molecule has 2 N–H and O–H groups in total. The molecule has 0 bridgehead atoms. The van der Waals surface area contributed by atoms with Crippen LogP contribution in [0.4, 0.5) is 11.4 Å². The molecule has 0 spiro atoms. The van der Waals surface area contributed by atoms with E-state index in [0.29, 0.717) is 22.0 Å². The van der Waals surface area contributed by atoms with Gasteiger partial charge in [0, 0.05) is 11.1 Å². The van der Waals surface area contributed by atoms with Crippen molar-refractivity contribution in [2.45, 2.75) is 11.8 Å². The van der Waals surface area contributed by atoms with E-state index in [1.54, 1.807) is 36.4 Å². The summed E-state index contributed by atoms with van der Waals surface area (Å²) >= 11 is 1.35. The van der Waals surface area contributed by atoms with E-state index in [4.69, 9.17) is 4.74 Å². The molecule has 0 atom stereocenters. The number of fused-ring (bicyclic) bond motifs is 1. The van der Waals surface area contributed by atoms with Crippen LogP contribution in [0.2, 0.25) is 0 Å². The Morgan fingerprint density at radius 1 is 0.972 bits per heavy atom. The van der Waals surface area contributed by atoms with Crippen LogP contribution in [0, 0.1) is 6.92 Å². The number of rotatable bonds is 7. The maximum atomic E-state index is 13.0. The Balaban J connectivity index is 1.34. The molecule has 0 radical (unpaired) electrons. The van der Waals surface area contributed by atoms with Crippen molar-refractivity contribution in [3.63, 3.8) is 0 Å². The number of carbonyl (C=O) groups is 1. The van der Waals surface area contributed by atoms with Gasteiger partial charge in [-0.3, -0.25) is 9.52 Å². The van der Waals surface area contributed by atoms with Gasteiger partial charge in [0.1, 0.15) is 10.6 Å². The van der Waals surface area contributed by atoms with E-state index in [-0.39, 0.29) is 10.8 Å². The molecule has 5 aromatic rings. The van der Waals surface area contributed by atoms with E-state index in [0.717, 1.165) is 21.6 Å². The second kappa shape index (κ2) is 9.48. The minimum absolute atomic E-state index is 0.0619. The molecule has 3 aromatic carbocycles. The van der Waals surface area contributed by atoms with Gasteiger partial charge in [0.2, 0.25) is 0 Å².